The molecule has 1 nitrogen and oxygen atoms in total. The third-order valence-electron chi connectivity index (χ3n) is 1.55. The van der Waals surface area contributed by atoms with Crippen LogP contribution in [0.15, 0.2) is 29.7 Å². The molecule has 68 valence electrons. The Hall–Kier alpha value is -1.09. The predicted molar refractivity (Wildman–Crippen MR) is 54.0 cm³/mol. The van der Waals surface area contributed by atoms with Gasteiger partial charge in [0.25, 0.3) is 0 Å². The molecule has 0 aliphatic carbocycles. The van der Waals surface area contributed by atoms with Crippen LogP contribution in [-0.2, 0) is 4.79 Å². The van der Waals surface area contributed by atoms with Gasteiger partial charge >= 0.3 is 0 Å². The molecule has 0 saturated heterocycles. The number of rotatable bonds is 3. The van der Waals surface area contributed by atoms with E-state index in [-0.39, 0.29) is 5.82 Å². The second-order valence-corrected chi connectivity index (χ2v) is 3.14. The van der Waals surface area contributed by atoms with E-state index in [1.54, 1.807) is 17.5 Å². The summed E-state index contributed by atoms with van der Waals surface area (Å²) in [4.78, 5) is 10.6. The summed E-state index contributed by atoms with van der Waals surface area (Å²) in [5.41, 5.74) is 1.32. The summed E-state index contributed by atoms with van der Waals surface area (Å²) in [5, 5.41) is 1.74. The molecule has 1 rings (SSSR count). The van der Waals surface area contributed by atoms with Crippen LogP contribution in [0.25, 0.3) is 5.57 Å². The number of hydrogen-bond donors (Lipinski definition) is 0. The van der Waals surface area contributed by atoms with Gasteiger partial charge < -0.3 is 0 Å². The third-order valence-corrected chi connectivity index (χ3v) is 2.04. The summed E-state index contributed by atoms with van der Waals surface area (Å²) < 4.78 is 12.5. The molecule has 0 fully saturated rings. The maximum atomic E-state index is 12.5. The SMILES string of the molecule is CSC=C(C=O)c1ccc(F)cc1. The Kier molecular flexibility index (Phi) is 3.71. The zero-order valence-corrected chi connectivity index (χ0v) is 7.98. The number of thioether (sulfide) groups is 1. The lowest BCUT2D eigenvalue weighted by atomic mass is 10.1. The second-order valence-electron chi connectivity index (χ2n) is 2.43. The van der Waals surface area contributed by atoms with Crippen molar-refractivity contribution in [3.8, 4) is 0 Å². The molecule has 0 aliphatic rings. The Bertz CT molecular complexity index is 316. The summed E-state index contributed by atoms with van der Waals surface area (Å²) in [6.07, 6.45) is 2.64. The molecule has 0 amide bonds. The minimum Gasteiger partial charge on any atom is -0.298 e. The van der Waals surface area contributed by atoms with Crippen LogP contribution in [0.2, 0.25) is 0 Å². The normalized spacial score (nSPS) is 11.4. The van der Waals surface area contributed by atoms with E-state index < -0.39 is 0 Å². The second kappa shape index (κ2) is 4.82. The standard InChI is InChI=1S/C10H9FOS/c1-13-7-9(6-12)8-2-4-10(11)5-3-8/h2-7H,1H3. The van der Waals surface area contributed by atoms with Gasteiger partial charge in [0, 0.05) is 5.57 Å². The zero-order chi connectivity index (χ0) is 9.68. The van der Waals surface area contributed by atoms with Crippen molar-refractivity contribution in [2.24, 2.45) is 0 Å². The molecule has 0 unspecified atom stereocenters. The van der Waals surface area contributed by atoms with Gasteiger partial charge in [-0.1, -0.05) is 12.1 Å². The molecule has 0 radical (unpaired) electrons. The molecule has 13 heavy (non-hydrogen) atoms. The Morgan fingerprint density at radius 3 is 2.46 bits per heavy atom. The van der Waals surface area contributed by atoms with E-state index in [1.165, 1.54) is 23.9 Å². The van der Waals surface area contributed by atoms with Gasteiger partial charge in [-0.15, -0.1) is 11.8 Å². The van der Waals surface area contributed by atoms with Gasteiger partial charge in [0.2, 0.25) is 0 Å². The molecule has 0 N–H and O–H groups in total. The highest BCUT2D eigenvalue weighted by molar-refractivity contribution is 8.01. The van der Waals surface area contributed by atoms with Gasteiger partial charge in [-0.25, -0.2) is 4.39 Å². The van der Waals surface area contributed by atoms with E-state index in [9.17, 15) is 9.18 Å². The van der Waals surface area contributed by atoms with Crippen LogP contribution in [0.4, 0.5) is 4.39 Å². The number of halogens is 1. The van der Waals surface area contributed by atoms with Crippen LogP contribution in [-0.4, -0.2) is 12.5 Å². The lowest BCUT2D eigenvalue weighted by Crippen LogP contribution is -1.85. The molecule has 0 bridgehead atoms. The van der Waals surface area contributed by atoms with Crippen molar-refractivity contribution in [2.45, 2.75) is 0 Å². The molecule has 0 atom stereocenters. The quantitative estimate of drug-likeness (QED) is 0.546. The van der Waals surface area contributed by atoms with Crippen LogP contribution in [0, 0.1) is 5.82 Å². The van der Waals surface area contributed by atoms with E-state index in [0.717, 1.165) is 11.8 Å². The monoisotopic (exact) mass is 196 g/mol. The van der Waals surface area contributed by atoms with Gasteiger partial charge in [-0.05, 0) is 29.4 Å². The van der Waals surface area contributed by atoms with E-state index >= 15 is 0 Å². The van der Waals surface area contributed by atoms with E-state index in [1.807, 2.05) is 6.26 Å². The average molecular weight is 196 g/mol. The van der Waals surface area contributed by atoms with E-state index in [4.69, 9.17) is 0 Å². The third kappa shape index (κ3) is 2.70. The predicted octanol–water partition coefficient (Wildman–Crippen LogP) is 2.73. The summed E-state index contributed by atoms with van der Waals surface area (Å²) in [7, 11) is 0. The highest BCUT2D eigenvalue weighted by Crippen LogP contribution is 2.15. The van der Waals surface area contributed by atoms with Crippen LogP contribution < -0.4 is 0 Å². The van der Waals surface area contributed by atoms with Gasteiger partial charge in [0.1, 0.15) is 5.82 Å². The Morgan fingerprint density at radius 1 is 1.38 bits per heavy atom. The number of hydrogen-bond acceptors (Lipinski definition) is 2. The lowest BCUT2D eigenvalue weighted by molar-refractivity contribution is -0.103. The molecule has 1 aromatic rings. The summed E-state index contributed by atoms with van der Waals surface area (Å²) in [5.74, 6) is -0.293. The van der Waals surface area contributed by atoms with Gasteiger partial charge in [0.15, 0.2) is 6.29 Å². The van der Waals surface area contributed by atoms with Crippen molar-refractivity contribution >= 4 is 23.6 Å². The molecular formula is C10H9FOS. The summed E-state index contributed by atoms with van der Waals surface area (Å²) in [6, 6.07) is 5.86. The first-order valence-electron chi connectivity index (χ1n) is 3.72. The Labute approximate surface area is 80.7 Å². The molecule has 0 aliphatic heterocycles. The van der Waals surface area contributed by atoms with Crippen molar-refractivity contribution in [1.82, 2.24) is 0 Å². The smallest absolute Gasteiger partial charge is 0.151 e. The molecule has 0 saturated carbocycles. The molecule has 1 aromatic carbocycles. The van der Waals surface area contributed by atoms with Gasteiger partial charge in [-0.2, -0.15) is 0 Å². The number of aldehydes is 1. The lowest BCUT2D eigenvalue weighted by Gasteiger charge is -1.98. The van der Waals surface area contributed by atoms with Crippen molar-refractivity contribution < 1.29 is 9.18 Å². The molecule has 3 heteroatoms. The molecule has 0 aromatic heterocycles. The fourth-order valence-corrected chi connectivity index (χ4v) is 1.38. The number of benzene rings is 1. The largest absolute Gasteiger partial charge is 0.298 e. The van der Waals surface area contributed by atoms with Crippen LogP contribution >= 0.6 is 11.8 Å². The first kappa shape index (κ1) is 9.99. The summed E-state index contributed by atoms with van der Waals surface area (Å²) >= 11 is 1.45. The van der Waals surface area contributed by atoms with Gasteiger partial charge in [0.05, 0.1) is 0 Å². The van der Waals surface area contributed by atoms with Crippen molar-refractivity contribution in [2.75, 3.05) is 6.26 Å². The average Bonchev–Trinajstić information content (AvgIpc) is 2.16. The van der Waals surface area contributed by atoms with E-state index in [0.29, 0.717) is 5.57 Å². The number of allylic oxidation sites excluding steroid dienone is 1. The molecular weight excluding hydrogens is 187 g/mol. The minimum atomic E-state index is -0.293. The highest BCUT2D eigenvalue weighted by Gasteiger charge is 1.99. The molecule has 0 spiro atoms. The van der Waals surface area contributed by atoms with E-state index in [2.05, 4.69) is 0 Å². The Balaban J connectivity index is 2.99. The maximum absolute atomic E-state index is 12.5. The minimum absolute atomic E-state index is 0.293. The fraction of sp³-hybridized carbons (Fsp3) is 0.100. The van der Waals surface area contributed by atoms with Crippen molar-refractivity contribution in [1.29, 1.82) is 0 Å². The zero-order valence-electron chi connectivity index (χ0n) is 7.16. The fourth-order valence-electron chi connectivity index (χ4n) is 0.933. The topological polar surface area (TPSA) is 17.1 Å². The maximum Gasteiger partial charge on any atom is 0.151 e. The van der Waals surface area contributed by atoms with Crippen molar-refractivity contribution in [3.63, 3.8) is 0 Å². The highest BCUT2D eigenvalue weighted by atomic mass is 32.2. The van der Waals surface area contributed by atoms with Crippen molar-refractivity contribution in [3.05, 3.63) is 41.1 Å². The summed E-state index contributed by atoms with van der Waals surface area (Å²) in [6.45, 7) is 0. The van der Waals surface area contributed by atoms with Gasteiger partial charge in [-0.3, -0.25) is 4.79 Å². The number of carbonyl (C=O) groups excluding carboxylic acids is 1. The number of carbonyl (C=O) groups is 1. The van der Waals surface area contributed by atoms with Crippen LogP contribution in [0.1, 0.15) is 5.56 Å². The first-order valence-corrected chi connectivity index (χ1v) is 5.01. The first-order chi connectivity index (χ1) is 6.27. The van der Waals surface area contributed by atoms with Crippen LogP contribution in [0.5, 0.6) is 0 Å². The van der Waals surface area contributed by atoms with Crippen LogP contribution in [0.3, 0.4) is 0 Å². The Morgan fingerprint density at radius 2 is 2.00 bits per heavy atom. The molecule has 0 heterocycles.